The maximum atomic E-state index is 12.3. The number of hydrogen-bond donors (Lipinski definition) is 3. The van der Waals surface area contributed by atoms with Crippen molar-refractivity contribution < 1.29 is 14.5 Å². The van der Waals surface area contributed by atoms with Gasteiger partial charge in [0.15, 0.2) is 12.6 Å². The topological polar surface area (TPSA) is 62.6 Å². The molecule has 132 valence electrons. The third-order valence-corrected chi connectivity index (χ3v) is 4.29. The van der Waals surface area contributed by atoms with E-state index in [0.29, 0.717) is 0 Å². The van der Waals surface area contributed by atoms with Crippen LogP contribution in [0.3, 0.4) is 0 Å². The number of amides is 2. The highest BCUT2D eigenvalue weighted by molar-refractivity contribution is 5.94. The average Bonchev–Trinajstić information content (AvgIpc) is 2.62. The summed E-state index contributed by atoms with van der Waals surface area (Å²) in [6.07, 6.45) is 0.856. The van der Waals surface area contributed by atoms with Crippen molar-refractivity contribution in [2.75, 3.05) is 24.2 Å². The maximum absolute atomic E-state index is 12.3. The Balaban J connectivity index is 1.90. The van der Waals surface area contributed by atoms with Crippen molar-refractivity contribution in [2.45, 2.75) is 26.3 Å². The van der Waals surface area contributed by atoms with Crippen molar-refractivity contribution in [1.82, 2.24) is 0 Å². The number of hydrogen-bond acceptors (Lipinski definition) is 2. The molecule has 0 aliphatic carbocycles. The number of benzene rings is 2. The van der Waals surface area contributed by atoms with Gasteiger partial charge in [0.2, 0.25) is 0 Å². The van der Waals surface area contributed by atoms with Crippen molar-refractivity contribution in [3.8, 4) is 0 Å². The smallest absolute Gasteiger partial charge is 0.282 e. The fourth-order valence-corrected chi connectivity index (χ4v) is 2.55. The number of likely N-dealkylation sites (N-methyl/N-ethyl adjacent to an activating group) is 1. The quantitative estimate of drug-likeness (QED) is 0.719. The molecular weight excluding hydrogens is 314 g/mol. The van der Waals surface area contributed by atoms with E-state index >= 15 is 0 Å². The zero-order chi connectivity index (χ0) is 18.2. The lowest BCUT2D eigenvalue weighted by Crippen LogP contribution is -3.14. The van der Waals surface area contributed by atoms with Gasteiger partial charge in [-0.1, -0.05) is 43.3 Å². The van der Waals surface area contributed by atoms with Gasteiger partial charge in [0.05, 0.1) is 7.05 Å². The summed E-state index contributed by atoms with van der Waals surface area (Å²) in [5.74, 6) is -0.205. The molecule has 2 aromatic carbocycles. The lowest BCUT2D eigenvalue weighted by molar-refractivity contribution is -0.885. The fourth-order valence-electron chi connectivity index (χ4n) is 2.55. The van der Waals surface area contributed by atoms with E-state index < -0.39 is 0 Å². The first kappa shape index (κ1) is 18.7. The second kappa shape index (κ2) is 8.99. The molecule has 2 aromatic rings. The molecule has 0 aliphatic rings. The van der Waals surface area contributed by atoms with Crippen LogP contribution in [0.1, 0.15) is 19.4 Å². The first-order chi connectivity index (χ1) is 12.0. The Kier molecular flexibility index (Phi) is 6.71. The number of nitrogens with one attached hydrogen (secondary N) is 3. The van der Waals surface area contributed by atoms with Gasteiger partial charge in [-0.15, -0.1) is 0 Å². The number of rotatable bonds is 7. The summed E-state index contributed by atoms with van der Waals surface area (Å²) in [6, 6.07) is 16.7. The van der Waals surface area contributed by atoms with Gasteiger partial charge >= 0.3 is 0 Å². The standard InChI is InChI=1S/C20H25N3O2/c1-4-16-10-8-9-13-18(16)22-19(24)14-23(3)15(2)20(25)21-17-11-6-5-7-12-17/h5-13,15H,4,14H2,1-3H3,(H,21,25)(H,22,24)/p+1/t15-/m1/s1. The Morgan fingerprint density at radius 3 is 2.32 bits per heavy atom. The van der Waals surface area contributed by atoms with Crippen molar-refractivity contribution in [3.63, 3.8) is 0 Å². The molecule has 0 aliphatic heterocycles. The molecule has 2 atom stereocenters. The third kappa shape index (κ3) is 5.43. The number of carbonyl (C=O) groups excluding carboxylic acids is 2. The fraction of sp³-hybridized carbons (Fsp3) is 0.300. The molecule has 0 spiro atoms. The lowest BCUT2D eigenvalue weighted by Gasteiger charge is -2.21. The molecule has 0 saturated heterocycles. The van der Waals surface area contributed by atoms with E-state index in [1.165, 1.54) is 0 Å². The van der Waals surface area contributed by atoms with Crippen LogP contribution >= 0.6 is 0 Å². The van der Waals surface area contributed by atoms with Crippen molar-refractivity contribution in [1.29, 1.82) is 0 Å². The Labute approximate surface area is 149 Å². The summed E-state index contributed by atoms with van der Waals surface area (Å²) in [5, 5.41) is 5.82. The van der Waals surface area contributed by atoms with Gasteiger partial charge in [-0.3, -0.25) is 9.59 Å². The van der Waals surface area contributed by atoms with Crippen LogP contribution < -0.4 is 15.5 Å². The van der Waals surface area contributed by atoms with E-state index in [0.717, 1.165) is 28.3 Å². The van der Waals surface area contributed by atoms with E-state index in [1.807, 2.05) is 68.6 Å². The number of para-hydroxylation sites is 2. The molecule has 25 heavy (non-hydrogen) atoms. The Bertz CT molecular complexity index is 716. The summed E-state index contributed by atoms with van der Waals surface area (Å²) >= 11 is 0. The van der Waals surface area contributed by atoms with E-state index in [4.69, 9.17) is 0 Å². The zero-order valence-electron chi connectivity index (χ0n) is 15.0. The van der Waals surface area contributed by atoms with E-state index in [-0.39, 0.29) is 24.4 Å². The highest BCUT2D eigenvalue weighted by Gasteiger charge is 2.24. The van der Waals surface area contributed by atoms with Gasteiger partial charge in [0.1, 0.15) is 0 Å². The lowest BCUT2D eigenvalue weighted by atomic mass is 10.1. The van der Waals surface area contributed by atoms with Crippen molar-refractivity contribution in [3.05, 3.63) is 60.2 Å². The molecule has 0 bridgehead atoms. The molecule has 0 radical (unpaired) electrons. The summed E-state index contributed by atoms with van der Waals surface area (Å²) in [6.45, 7) is 4.10. The van der Waals surface area contributed by atoms with Crippen LogP contribution in [0.5, 0.6) is 0 Å². The molecule has 0 heterocycles. The third-order valence-electron chi connectivity index (χ3n) is 4.29. The molecule has 2 rings (SSSR count). The number of carbonyl (C=O) groups is 2. The summed E-state index contributed by atoms with van der Waals surface area (Å²) in [4.78, 5) is 25.5. The second-order valence-corrected chi connectivity index (χ2v) is 6.16. The maximum Gasteiger partial charge on any atom is 0.282 e. The molecule has 3 N–H and O–H groups in total. The highest BCUT2D eigenvalue weighted by atomic mass is 16.2. The molecule has 2 amide bonds. The van der Waals surface area contributed by atoms with Crippen LogP contribution in [0.2, 0.25) is 0 Å². The molecule has 0 aromatic heterocycles. The highest BCUT2D eigenvalue weighted by Crippen LogP contribution is 2.14. The number of anilines is 2. The SMILES string of the molecule is CCc1ccccc1NC(=O)C[NH+](C)[C@H](C)C(=O)Nc1ccccc1. The second-order valence-electron chi connectivity index (χ2n) is 6.16. The van der Waals surface area contributed by atoms with E-state index in [9.17, 15) is 9.59 Å². The minimum atomic E-state index is -0.340. The van der Waals surface area contributed by atoms with Crippen LogP contribution in [0.4, 0.5) is 11.4 Å². The Hall–Kier alpha value is -2.66. The molecule has 0 saturated carbocycles. The zero-order valence-corrected chi connectivity index (χ0v) is 15.0. The van der Waals surface area contributed by atoms with Gasteiger partial charge in [-0.05, 0) is 37.1 Å². The summed E-state index contributed by atoms with van der Waals surface area (Å²) < 4.78 is 0. The summed E-state index contributed by atoms with van der Waals surface area (Å²) in [5.41, 5.74) is 2.70. The molecule has 5 heteroatoms. The normalized spacial score (nSPS) is 12.9. The van der Waals surface area contributed by atoms with Crippen LogP contribution in [0.25, 0.3) is 0 Å². The van der Waals surface area contributed by atoms with Crippen LogP contribution in [0, 0.1) is 0 Å². The van der Waals surface area contributed by atoms with Gasteiger partial charge in [-0.25, -0.2) is 0 Å². The predicted octanol–water partition coefficient (Wildman–Crippen LogP) is 1.73. The molecule has 5 nitrogen and oxygen atoms in total. The Morgan fingerprint density at radius 2 is 1.64 bits per heavy atom. The number of quaternary nitrogens is 1. The van der Waals surface area contributed by atoms with E-state index in [2.05, 4.69) is 17.6 Å². The first-order valence-corrected chi connectivity index (χ1v) is 8.57. The minimum absolute atomic E-state index is 0.0993. The van der Waals surface area contributed by atoms with Crippen LogP contribution in [0.15, 0.2) is 54.6 Å². The first-order valence-electron chi connectivity index (χ1n) is 8.57. The molecule has 0 fully saturated rings. The van der Waals surface area contributed by atoms with Crippen molar-refractivity contribution in [2.24, 2.45) is 0 Å². The minimum Gasteiger partial charge on any atom is -0.321 e. The summed E-state index contributed by atoms with van der Waals surface area (Å²) in [7, 11) is 1.85. The van der Waals surface area contributed by atoms with Gasteiger partial charge in [-0.2, -0.15) is 0 Å². The van der Waals surface area contributed by atoms with Gasteiger partial charge in [0, 0.05) is 11.4 Å². The molecule has 1 unspecified atom stereocenters. The van der Waals surface area contributed by atoms with Crippen LogP contribution in [-0.4, -0.2) is 31.4 Å². The van der Waals surface area contributed by atoms with Gasteiger partial charge in [0.25, 0.3) is 11.8 Å². The predicted molar refractivity (Wildman–Crippen MR) is 101 cm³/mol. The average molecular weight is 340 g/mol. The van der Waals surface area contributed by atoms with E-state index in [1.54, 1.807) is 0 Å². The number of aryl methyl sites for hydroxylation is 1. The Morgan fingerprint density at radius 1 is 1.00 bits per heavy atom. The van der Waals surface area contributed by atoms with Gasteiger partial charge < -0.3 is 15.5 Å². The molecular formula is C20H26N3O2+. The van der Waals surface area contributed by atoms with Crippen LogP contribution in [-0.2, 0) is 16.0 Å². The largest absolute Gasteiger partial charge is 0.321 e. The monoisotopic (exact) mass is 340 g/mol. The van der Waals surface area contributed by atoms with Crippen molar-refractivity contribution >= 4 is 23.2 Å².